The molecular formula is C9H8BrClFN. The molecule has 1 aromatic carbocycles. The molecule has 13 heavy (non-hydrogen) atoms. The van der Waals surface area contributed by atoms with Gasteiger partial charge in [-0.25, -0.2) is 4.39 Å². The molecule has 1 fully saturated rings. The fourth-order valence-corrected chi connectivity index (χ4v) is 2.17. The van der Waals surface area contributed by atoms with Crippen LogP contribution in [0.5, 0.6) is 0 Å². The molecule has 2 atom stereocenters. The van der Waals surface area contributed by atoms with Gasteiger partial charge >= 0.3 is 0 Å². The SMILES string of the molecule is N[C@H]1C[C@@H]1c1cc(F)c(Br)cc1Cl. The summed E-state index contributed by atoms with van der Waals surface area (Å²) >= 11 is 9.02. The Balaban J connectivity index is 2.41. The lowest BCUT2D eigenvalue weighted by Gasteiger charge is -2.03. The molecule has 0 aliphatic heterocycles. The highest BCUT2D eigenvalue weighted by Crippen LogP contribution is 2.43. The second-order valence-corrected chi connectivity index (χ2v) is 4.56. The highest BCUT2D eigenvalue weighted by Gasteiger charge is 2.36. The summed E-state index contributed by atoms with van der Waals surface area (Å²) in [7, 11) is 0. The molecule has 1 nitrogen and oxygen atoms in total. The van der Waals surface area contributed by atoms with Crippen LogP contribution in [0.25, 0.3) is 0 Å². The third kappa shape index (κ3) is 1.73. The van der Waals surface area contributed by atoms with Crippen LogP contribution >= 0.6 is 27.5 Å². The molecule has 1 aliphatic carbocycles. The Hall–Kier alpha value is -0.120. The van der Waals surface area contributed by atoms with Crippen LogP contribution in [0.3, 0.4) is 0 Å². The minimum Gasteiger partial charge on any atom is -0.327 e. The van der Waals surface area contributed by atoms with Crippen LogP contribution in [-0.2, 0) is 0 Å². The first-order chi connectivity index (χ1) is 6.09. The zero-order valence-corrected chi connectivity index (χ0v) is 9.07. The Morgan fingerprint density at radius 1 is 1.54 bits per heavy atom. The van der Waals surface area contributed by atoms with Gasteiger partial charge in [-0.3, -0.25) is 0 Å². The van der Waals surface area contributed by atoms with E-state index in [1.807, 2.05) is 0 Å². The van der Waals surface area contributed by atoms with Crippen molar-refractivity contribution in [2.24, 2.45) is 5.73 Å². The minimum absolute atomic E-state index is 0.151. The maximum Gasteiger partial charge on any atom is 0.137 e. The van der Waals surface area contributed by atoms with Crippen LogP contribution in [0.4, 0.5) is 4.39 Å². The molecule has 0 saturated heterocycles. The molecular weight excluding hydrogens is 256 g/mol. The third-order valence-corrected chi connectivity index (χ3v) is 3.21. The monoisotopic (exact) mass is 263 g/mol. The predicted octanol–water partition coefficient (Wildman–Crippen LogP) is 3.06. The third-order valence-electron chi connectivity index (χ3n) is 2.28. The Morgan fingerprint density at radius 2 is 2.15 bits per heavy atom. The first kappa shape index (κ1) is 9.44. The van der Waals surface area contributed by atoms with E-state index in [2.05, 4.69) is 15.9 Å². The highest BCUT2D eigenvalue weighted by molar-refractivity contribution is 9.10. The predicted molar refractivity (Wildman–Crippen MR) is 54.4 cm³/mol. The maximum atomic E-state index is 13.1. The molecule has 0 aromatic heterocycles. The zero-order chi connectivity index (χ0) is 9.59. The van der Waals surface area contributed by atoms with Crippen molar-refractivity contribution in [3.8, 4) is 0 Å². The summed E-state index contributed by atoms with van der Waals surface area (Å²) in [5, 5.41) is 0.589. The number of hydrogen-bond donors (Lipinski definition) is 1. The van der Waals surface area contributed by atoms with E-state index in [1.165, 1.54) is 6.07 Å². The summed E-state index contributed by atoms with van der Waals surface area (Å²) in [6.07, 6.45) is 0.904. The van der Waals surface area contributed by atoms with E-state index in [0.29, 0.717) is 9.50 Å². The molecule has 1 saturated carbocycles. The Bertz CT molecular complexity index is 356. The van der Waals surface area contributed by atoms with E-state index in [4.69, 9.17) is 17.3 Å². The van der Waals surface area contributed by atoms with Crippen LogP contribution < -0.4 is 5.73 Å². The Kier molecular flexibility index (Phi) is 2.34. The minimum atomic E-state index is -0.279. The van der Waals surface area contributed by atoms with Gasteiger partial charge in [-0.05, 0) is 40.0 Å². The number of nitrogens with two attached hydrogens (primary N) is 1. The van der Waals surface area contributed by atoms with Gasteiger partial charge < -0.3 is 5.73 Å². The van der Waals surface area contributed by atoms with Crippen molar-refractivity contribution in [2.45, 2.75) is 18.4 Å². The summed E-state index contributed by atoms with van der Waals surface area (Å²) in [4.78, 5) is 0. The van der Waals surface area contributed by atoms with Crippen LogP contribution in [-0.4, -0.2) is 6.04 Å². The number of benzene rings is 1. The van der Waals surface area contributed by atoms with Gasteiger partial charge in [0.1, 0.15) is 5.82 Å². The summed E-state index contributed by atoms with van der Waals surface area (Å²) in [5.74, 6) is -0.0337. The van der Waals surface area contributed by atoms with Crippen molar-refractivity contribution in [3.63, 3.8) is 0 Å². The summed E-state index contributed by atoms with van der Waals surface area (Å²) in [5.41, 5.74) is 6.49. The van der Waals surface area contributed by atoms with Gasteiger partial charge in [0.25, 0.3) is 0 Å². The largest absolute Gasteiger partial charge is 0.327 e. The van der Waals surface area contributed by atoms with E-state index >= 15 is 0 Å². The Morgan fingerprint density at radius 3 is 2.69 bits per heavy atom. The number of rotatable bonds is 1. The Labute approximate surface area is 89.2 Å². The molecule has 1 aliphatic rings. The van der Waals surface area contributed by atoms with Crippen LogP contribution in [0, 0.1) is 5.82 Å². The van der Waals surface area contributed by atoms with Crippen molar-refractivity contribution >= 4 is 27.5 Å². The summed E-state index contributed by atoms with van der Waals surface area (Å²) < 4.78 is 13.5. The van der Waals surface area contributed by atoms with Crippen LogP contribution in [0.15, 0.2) is 16.6 Å². The number of halogens is 3. The summed E-state index contributed by atoms with van der Waals surface area (Å²) in [6.45, 7) is 0. The smallest absolute Gasteiger partial charge is 0.137 e. The fraction of sp³-hybridized carbons (Fsp3) is 0.333. The maximum absolute atomic E-state index is 13.1. The molecule has 4 heteroatoms. The quantitative estimate of drug-likeness (QED) is 0.775. The van der Waals surface area contributed by atoms with E-state index < -0.39 is 0 Å². The van der Waals surface area contributed by atoms with Crippen molar-refractivity contribution in [1.82, 2.24) is 0 Å². The van der Waals surface area contributed by atoms with Gasteiger partial charge in [0.2, 0.25) is 0 Å². The van der Waals surface area contributed by atoms with Gasteiger partial charge in [-0.15, -0.1) is 0 Å². The molecule has 0 spiro atoms. The van der Waals surface area contributed by atoms with Crippen LogP contribution in [0.2, 0.25) is 5.02 Å². The van der Waals surface area contributed by atoms with E-state index in [1.54, 1.807) is 6.07 Å². The summed E-state index contributed by atoms with van der Waals surface area (Å²) in [6, 6.07) is 3.19. The topological polar surface area (TPSA) is 26.0 Å². The van der Waals surface area contributed by atoms with Gasteiger partial charge in [-0.1, -0.05) is 11.6 Å². The van der Waals surface area contributed by atoms with Gasteiger partial charge in [-0.2, -0.15) is 0 Å². The molecule has 2 rings (SSSR count). The van der Waals surface area contributed by atoms with E-state index in [0.717, 1.165) is 12.0 Å². The molecule has 70 valence electrons. The average Bonchev–Trinajstić information content (AvgIpc) is 2.75. The normalized spacial score (nSPS) is 26.2. The fourth-order valence-electron chi connectivity index (χ4n) is 1.39. The average molecular weight is 265 g/mol. The molecule has 0 radical (unpaired) electrons. The second-order valence-electron chi connectivity index (χ2n) is 3.29. The molecule has 2 N–H and O–H groups in total. The lowest BCUT2D eigenvalue weighted by Crippen LogP contribution is -2.01. The van der Waals surface area contributed by atoms with Crippen molar-refractivity contribution in [3.05, 3.63) is 33.0 Å². The van der Waals surface area contributed by atoms with Crippen molar-refractivity contribution < 1.29 is 4.39 Å². The lowest BCUT2D eigenvalue weighted by atomic mass is 10.1. The van der Waals surface area contributed by atoms with E-state index in [9.17, 15) is 4.39 Å². The van der Waals surface area contributed by atoms with E-state index in [-0.39, 0.29) is 17.8 Å². The first-order valence-electron chi connectivity index (χ1n) is 3.99. The standard InChI is InChI=1S/C9H8BrClFN/c10-6-3-7(11)4(1-8(6)12)5-2-9(5)13/h1,3,5,9H,2,13H2/t5-,9+/m1/s1. The van der Waals surface area contributed by atoms with Crippen molar-refractivity contribution in [2.75, 3.05) is 0 Å². The molecule has 0 unspecified atom stereocenters. The van der Waals surface area contributed by atoms with Crippen molar-refractivity contribution in [1.29, 1.82) is 0 Å². The van der Waals surface area contributed by atoms with Gasteiger partial charge in [0.05, 0.1) is 4.47 Å². The molecule has 0 heterocycles. The lowest BCUT2D eigenvalue weighted by molar-refractivity contribution is 0.618. The molecule has 0 bridgehead atoms. The highest BCUT2D eigenvalue weighted by atomic mass is 79.9. The molecule has 1 aromatic rings. The van der Waals surface area contributed by atoms with Gasteiger partial charge in [0, 0.05) is 17.0 Å². The molecule has 0 amide bonds. The number of hydrogen-bond acceptors (Lipinski definition) is 1. The zero-order valence-electron chi connectivity index (χ0n) is 6.73. The van der Waals surface area contributed by atoms with Gasteiger partial charge in [0.15, 0.2) is 0 Å². The second kappa shape index (κ2) is 3.23. The first-order valence-corrected chi connectivity index (χ1v) is 5.16. The van der Waals surface area contributed by atoms with Crippen LogP contribution in [0.1, 0.15) is 17.9 Å².